The number of nitrogens with zero attached hydrogens (tertiary/aromatic N) is 1. The van der Waals surface area contributed by atoms with Crippen LogP contribution in [0.5, 0.6) is 0 Å². The zero-order chi connectivity index (χ0) is 13.6. The van der Waals surface area contributed by atoms with Gasteiger partial charge in [-0.2, -0.15) is 12.6 Å². The van der Waals surface area contributed by atoms with E-state index >= 15 is 0 Å². The second-order valence-electron chi connectivity index (χ2n) is 5.54. The summed E-state index contributed by atoms with van der Waals surface area (Å²) in [6.07, 6.45) is 9.65. The molecular formula is C15H33N3S. The van der Waals surface area contributed by atoms with Crippen molar-refractivity contribution >= 4 is 12.6 Å². The first-order valence-corrected chi connectivity index (χ1v) is 8.81. The first kappa shape index (κ1) is 17.3. The van der Waals surface area contributed by atoms with E-state index in [0.29, 0.717) is 0 Å². The number of rotatable bonds is 9. The number of thiol groups is 1. The molecule has 2 N–H and O–H groups in total. The van der Waals surface area contributed by atoms with Crippen molar-refractivity contribution in [2.75, 3.05) is 51.6 Å². The molecule has 1 heterocycles. The lowest BCUT2D eigenvalue weighted by atomic mass is 10.1. The lowest BCUT2D eigenvalue weighted by molar-refractivity contribution is 0.273. The molecule has 0 aromatic heterocycles. The van der Waals surface area contributed by atoms with Gasteiger partial charge in [-0.15, -0.1) is 0 Å². The third-order valence-corrected chi connectivity index (χ3v) is 4.14. The van der Waals surface area contributed by atoms with Crippen LogP contribution in [0.15, 0.2) is 0 Å². The second kappa shape index (κ2) is 13.2. The van der Waals surface area contributed by atoms with E-state index in [9.17, 15) is 0 Å². The van der Waals surface area contributed by atoms with Crippen LogP contribution in [0.25, 0.3) is 0 Å². The average molecular weight is 288 g/mol. The molecule has 0 saturated carbocycles. The van der Waals surface area contributed by atoms with Crippen molar-refractivity contribution in [3.63, 3.8) is 0 Å². The fourth-order valence-corrected chi connectivity index (χ4v) is 2.79. The minimum atomic E-state index is 1.05. The van der Waals surface area contributed by atoms with E-state index in [4.69, 9.17) is 0 Å². The molecular weight excluding hydrogens is 254 g/mol. The first-order valence-electron chi connectivity index (χ1n) is 8.18. The van der Waals surface area contributed by atoms with Crippen LogP contribution in [0.1, 0.15) is 44.9 Å². The molecule has 114 valence electrons. The van der Waals surface area contributed by atoms with Crippen LogP contribution in [0.4, 0.5) is 0 Å². The summed E-state index contributed by atoms with van der Waals surface area (Å²) >= 11 is 4.25. The maximum absolute atomic E-state index is 4.25. The Kier molecular flexibility index (Phi) is 12.0. The number of hydrogen-bond acceptors (Lipinski definition) is 4. The van der Waals surface area contributed by atoms with Gasteiger partial charge in [0.2, 0.25) is 0 Å². The summed E-state index contributed by atoms with van der Waals surface area (Å²) in [5.41, 5.74) is 0. The van der Waals surface area contributed by atoms with E-state index in [1.165, 1.54) is 64.6 Å². The maximum Gasteiger partial charge on any atom is 0.0107 e. The SMILES string of the molecule is SCCCCCCCCCN1CCNCCNCC1. The standard InChI is InChI=1S/C15H33N3S/c19-15-7-5-3-1-2-4-6-12-18-13-10-16-8-9-17-11-14-18/h16-17,19H,1-15H2. The Labute approximate surface area is 125 Å². The van der Waals surface area contributed by atoms with Crippen molar-refractivity contribution in [1.29, 1.82) is 0 Å². The van der Waals surface area contributed by atoms with Gasteiger partial charge in [0.15, 0.2) is 0 Å². The van der Waals surface area contributed by atoms with Crippen molar-refractivity contribution < 1.29 is 0 Å². The topological polar surface area (TPSA) is 27.3 Å². The Hall–Kier alpha value is 0.230. The molecule has 1 fully saturated rings. The summed E-state index contributed by atoms with van der Waals surface area (Å²) in [7, 11) is 0. The molecule has 3 nitrogen and oxygen atoms in total. The van der Waals surface area contributed by atoms with E-state index in [1.807, 2.05) is 0 Å². The molecule has 1 rings (SSSR count). The fourth-order valence-electron chi connectivity index (χ4n) is 2.57. The summed E-state index contributed by atoms with van der Waals surface area (Å²) in [5, 5.41) is 6.95. The van der Waals surface area contributed by atoms with Crippen molar-refractivity contribution in [2.45, 2.75) is 44.9 Å². The molecule has 4 heteroatoms. The normalized spacial score (nSPS) is 18.8. The molecule has 0 spiro atoms. The molecule has 0 radical (unpaired) electrons. The monoisotopic (exact) mass is 287 g/mol. The summed E-state index contributed by atoms with van der Waals surface area (Å²) in [4.78, 5) is 2.60. The highest BCUT2D eigenvalue weighted by Crippen LogP contribution is 2.08. The van der Waals surface area contributed by atoms with Gasteiger partial charge in [0.25, 0.3) is 0 Å². The van der Waals surface area contributed by atoms with E-state index < -0.39 is 0 Å². The second-order valence-corrected chi connectivity index (χ2v) is 5.99. The zero-order valence-electron chi connectivity index (χ0n) is 12.5. The van der Waals surface area contributed by atoms with Gasteiger partial charge in [0.05, 0.1) is 0 Å². The van der Waals surface area contributed by atoms with Crippen molar-refractivity contribution in [2.24, 2.45) is 0 Å². The molecule has 0 aliphatic carbocycles. The largest absolute Gasteiger partial charge is 0.314 e. The minimum absolute atomic E-state index is 1.05. The van der Waals surface area contributed by atoms with Gasteiger partial charge in [0.1, 0.15) is 0 Å². The van der Waals surface area contributed by atoms with Crippen LogP contribution in [0.3, 0.4) is 0 Å². The van der Waals surface area contributed by atoms with Gasteiger partial charge < -0.3 is 15.5 Å². The summed E-state index contributed by atoms with van der Waals surface area (Å²) < 4.78 is 0. The Morgan fingerprint density at radius 1 is 0.684 bits per heavy atom. The van der Waals surface area contributed by atoms with E-state index in [-0.39, 0.29) is 0 Å². The summed E-state index contributed by atoms with van der Waals surface area (Å²) in [6.45, 7) is 8.21. The fraction of sp³-hybridized carbons (Fsp3) is 1.00. The molecule has 19 heavy (non-hydrogen) atoms. The number of hydrogen-bond donors (Lipinski definition) is 3. The van der Waals surface area contributed by atoms with Gasteiger partial charge in [-0.3, -0.25) is 0 Å². The highest BCUT2D eigenvalue weighted by molar-refractivity contribution is 7.80. The van der Waals surface area contributed by atoms with E-state index in [0.717, 1.165) is 31.9 Å². The lowest BCUT2D eigenvalue weighted by Gasteiger charge is -2.21. The Morgan fingerprint density at radius 3 is 1.79 bits per heavy atom. The van der Waals surface area contributed by atoms with E-state index in [1.54, 1.807) is 0 Å². The highest BCUT2D eigenvalue weighted by atomic mass is 32.1. The number of unbranched alkanes of at least 4 members (excludes halogenated alkanes) is 6. The smallest absolute Gasteiger partial charge is 0.0107 e. The first-order chi connectivity index (χ1) is 9.43. The quantitative estimate of drug-likeness (QED) is 0.448. The molecule has 0 aromatic carbocycles. The van der Waals surface area contributed by atoms with Crippen LogP contribution in [-0.4, -0.2) is 56.5 Å². The molecule has 1 saturated heterocycles. The van der Waals surface area contributed by atoms with Crippen molar-refractivity contribution in [3.05, 3.63) is 0 Å². The minimum Gasteiger partial charge on any atom is -0.314 e. The Balaban J connectivity index is 1.91. The molecule has 0 amide bonds. The Morgan fingerprint density at radius 2 is 1.21 bits per heavy atom. The maximum atomic E-state index is 4.25. The predicted octanol–water partition coefficient (Wildman–Crippen LogP) is 2.14. The van der Waals surface area contributed by atoms with E-state index in [2.05, 4.69) is 28.2 Å². The third kappa shape index (κ3) is 10.7. The van der Waals surface area contributed by atoms with Crippen LogP contribution < -0.4 is 10.6 Å². The van der Waals surface area contributed by atoms with Gasteiger partial charge in [-0.1, -0.05) is 32.1 Å². The van der Waals surface area contributed by atoms with Gasteiger partial charge in [-0.05, 0) is 25.1 Å². The van der Waals surface area contributed by atoms with Crippen LogP contribution in [-0.2, 0) is 0 Å². The van der Waals surface area contributed by atoms with Gasteiger partial charge in [-0.25, -0.2) is 0 Å². The zero-order valence-corrected chi connectivity index (χ0v) is 13.4. The van der Waals surface area contributed by atoms with Crippen LogP contribution in [0, 0.1) is 0 Å². The molecule has 0 atom stereocenters. The van der Waals surface area contributed by atoms with Gasteiger partial charge >= 0.3 is 0 Å². The molecule has 0 bridgehead atoms. The lowest BCUT2D eigenvalue weighted by Crippen LogP contribution is -2.34. The molecule has 0 aromatic rings. The molecule has 1 aliphatic rings. The predicted molar refractivity (Wildman–Crippen MR) is 88.4 cm³/mol. The average Bonchev–Trinajstić information content (AvgIpc) is 2.55. The van der Waals surface area contributed by atoms with Crippen LogP contribution in [0.2, 0.25) is 0 Å². The number of nitrogens with one attached hydrogen (secondary N) is 2. The molecule has 0 unspecified atom stereocenters. The van der Waals surface area contributed by atoms with Crippen molar-refractivity contribution in [1.82, 2.24) is 15.5 Å². The summed E-state index contributed by atoms with van der Waals surface area (Å²) in [6, 6.07) is 0. The Bertz CT molecular complexity index is 180. The highest BCUT2D eigenvalue weighted by Gasteiger charge is 2.05. The van der Waals surface area contributed by atoms with Crippen LogP contribution >= 0.6 is 12.6 Å². The summed E-state index contributed by atoms with van der Waals surface area (Å²) in [5.74, 6) is 1.05. The van der Waals surface area contributed by atoms with Crippen molar-refractivity contribution in [3.8, 4) is 0 Å². The molecule has 1 aliphatic heterocycles. The third-order valence-electron chi connectivity index (χ3n) is 3.82. The van der Waals surface area contributed by atoms with Gasteiger partial charge in [0, 0.05) is 39.3 Å².